The Morgan fingerprint density at radius 1 is 0.909 bits per heavy atom. The quantitative estimate of drug-likeness (QED) is 0.651. The minimum absolute atomic E-state index is 0.00517. The van der Waals surface area contributed by atoms with Gasteiger partial charge in [0, 0.05) is 44.0 Å². The Hall–Kier alpha value is -3.16. The van der Waals surface area contributed by atoms with Gasteiger partial charge in [-0.1, -0.05) is 12.8 Å². The van der Waals surface area contributed by atoms with E-state index in [-0.39, 0.29) is 5.91 Å². The first-order valence-corrected chi connectivity index (χ1v) is 12.4. The molecule has 6 rings (SSSR count). The number of carbonyl (C=O) groups excluding carboxylic acids is 1. The van der Waals surface area contributed by atoms with Crippen LogP contribution >= 0.6 is 0 Å². The van der Waals surface area contributed by atoms with Crippen LogP contribution in [0.2, 0.25) is 0 Å². The molecule has 1 aromatic carbocycles. The molecular formula is C25H31N7O. The minimum Gasteiger partial charge on any atom is -0.371 e. The van der Waals surface area contributed by atoms with Crippen molar-refractivity contribution in [1.29, 1.82) is 0 Å². The molecule has 0 atom stereocenters. The summed E-state index contributed by atoms with van der Waals surface area (Å²) in [5.41, 5.74) is 5.66. The number of carbonyl (C=O) groups is 1. The molecular weight excluding hydrogens is 414 g/mol. The lowest BCUT2D eigenvalue weighted by atomic mass is 9.96. The van der Waals surface area contributed by atoms with Crippen LogP contribution in [0.1, 0.15) is 53.6 Å². The largest absolute Gasteiger partial charge is 0.371 e. The Morgan fingerprint density at radius 2 is 1.70 bits per heavy atom. The number of nitrogens with zero attached hydrogens (tertiary/aromatic N) is 6. The fourth-order valence-electron chi connectivity index (χ4n) is 5.69. The summed E-state index contributed by atoms with van der Waals surface area (Å²) in [7, 11) is 0. The maximum atomic E-state index is 12.9. The van der Waals surface area contributed by atoms with Gasteiger partial charge in [-0.25, -0.2) is 14.6 Å². The van der Waals surface area contributed by atoms with Crippen molar-refractivity contribution in [2.75, 3.05) is 42.5 Å². The Morgan fingerprint density at radius 3 is 2.55 bits per heavy atom. The van der Waals surface area contributed by atoms with E-state index in [1.807, 2.05) is 10.9 Å². The van der Waals surface area contributed by atoms with Gasteiger partial charge >= 0.3 is 0 Å². The molecule has 0 aliphatic carbocycles. The number of nitrogens with one attached hydrogen (secondary N) is 1. The molecule has 0 spiro atoms. The second-order valence-corrected chi connectivity index (χ2v) is 9.44. The van der Waals surface area contributed by atoms with E-state index in [1.54, 1.807) is 6.33 Å². The smallest absolute Gasteiger partial charge is 0.251 e. The molecule has 8 heteroatoms. The molecule has 5 heterocycles. The normalized spacial score (nSPS) is 17.8. The van der Waals surface area contributed by atoms with Gasteiger partial charge in [-0.2, -0.15) is 5.10 Å². The summed E-state index contributed by atoms with van der Waals surface area (Å²) >= 11 is 0. The van der Waals surface area contributed by atoms with Gasteiger partial charge in [-0.3, -0.25) is 4.79 Å². The summed E-state index contributed by atoms with van der Waals surface area (Å²) in [6, 6.07) is 4.18. The van der Waals surface area contributed by atoms with Crippen LogP contribution in [0.25, 0.3) is 11.0 Å². The van der Waals surface area contributed by atoms with Crippen LogP contribution in [0, 0.1) is 0 Å². The standard InChI is InChI=1S/C25H31N7O/c33-25(20-14-18-6-5-11-30-12-7-19(15-20)22(18)30)26-8-13-32-24-21(16-29-32)23(27-17-28-24)31-9-3-1-2-4-10-31/h14-17H,1-13H2,(H,26,33). The first-order chi connectivity index (χ1) is 16.3. The van der Waals surface area contributed by atoms with E-state index in [4.69, 9.17) is 0 Å². The third kappa shape index (κ3) is 3.81. The van der Waals surface area contributed by atoms with Crippen molar-refractivity contribution in [1.82, 2.24) is 25.1 Å². The second kappa shape index (κ2) is 8.65. The SMILES string of the molecule is O=C(NCCn1ncc2c(N3CCCCCC3)ncnc21)c1cc2c3c(c1)CCN3CCC2. The van der Waals surface area contributed by atoms with E-state index in [1.165, 1.54) is 48.9 Å². The Kier molecular flexibility index (Phi) is 5.36. The number of benzene rings is 1. The third-order valence-corrected chi connectivity index (χ3v) is 7.30. The van der Waals surface area contributed by atoms with Crippen LogP contribution in [-0.2, 0) is 19.4 Å². The van der Waals surface area contributed by atoms with Crippen molar-refractivity contribution >= 4 is 28.4 Å². The Balaban J connectivity index is 1.14. The monoisotopic (exact) mass is 445 g/mol. The number of anilines is 2. The highest BCUT2D eigenvalue weighted by molar-refractivity contribution is 5.95. The van der Waals surface area contributed by atoms with E-state index < -0.39 is 0 Å². The van der Waals surface area contributed by atoms with Gasteiger partial charge in [-0.15, -0.1) is 0 Å². The lowest BCUT2D eigenvalue weighted by Gasteiger charge is -2.27. The zero-order valence-electron chi connectivity index (χ0n) is 19.1. The van der Waals surface area contributed by atoms with Crippen molar-refractivity contribution in [2.45, 2.75) is 51.5 Å². The molecule has 8 nitrogen and oxygen atoms in total. The summed E-state index contributed by atoms with van der Waals surface area (Å²) in [6.07, 6.45) is 11.8. The third-order valence-electron chi connectivity index (χ3n) is 7.30. The van der Waals surface area contributed by atoms with Gasteiger partial charge < -0.3 is 15.1 Å². The van der Waals surface area contributed by atoms with Crippen LogP contribution in [0.4, 0.5) is 11.5 Å². The molecule has 172 valence electrons. The fraction of sp³-hybridized carbons (Fsp3) is 0.520. The molecule has 1 N–H and O–H groups in total. The van der Waals surface area contributed by atoms with Crippen LogP contribution < -0.4 is 15.1 Å². The van der Waals surface area contributed by atoms with Crippen LogP contribution in [0.5, 0.6) is 0 Å². The summed E-state index contributed by atoms with van der Waals surface area (Å²) in [6.45, 7) is 5.39. The van der Waals surface area contributed by atoms with Crippen LogP contribution in [0.15, 0.2) is 24.7 Å². The average Bonchev–Trinajstić information content (AvgIpc) is 3.34. The van der Waals surface area contributed by atoms with Crippen molar-refractivity contribution in [3.63, 3.8) is 0 Å². The highest BCUT2D eigenvalue weighted by atomic mass is 16.1. The second-order valence-electron chi connectivity index (χ2n) is 9.44. The molecule has 33 heavy (non-hydrogen) atoms. The van der Waals surface area contributed by atoms with Gasteiger partial charge in [0.25, 0.3) is 5.91 Å². The molecule has 0 unspecified atom stereocenters. The van der Waals surface area contributed by atoms with E-state index >= 15 is 0 Å². The molecule has 0 radical (unpaired) electrons. The summed E-state index contributed by atoms with van der Waals surface area (Å²) < 4.78 is 1.88. The summed E-state index contributed by atoms with van der Waals surface area (Å²) in [5, 5.41) is 8.65. The van der Waals surface area contributed by atoms with Crippen LogP contribution in [0.3, 0.4) is 0 Å². The van der Waals surface area contributed by atoms with Crippen molar-refractivity contribution in [3.05, 3.63) is 41.3 Å². The first kappa shape index (κ1) is 20.4. The predicted octanol–water partition coefficient (Wildman–Crippen LogP) is 2.95. The molecule has 3 aliphatic heterocycles. The number of fused-ring (bicyclic) bond motifs is 1. The lowest BCUT2D eigenvalue weighted by molar-refractivity contribution is 0.0952. The highest BCUT2D eigenvalue weighted by Gasteiger charge is 2.27. The van der Waals surface area contributed by atoms with Gasteiger partial charge in [0.05, 0.1) is 18.1 Å². The average molecular weight is 446 g/mol. The predicted molar refractivity (Wildman–Crippen MR) is 129 cm³/mol. The zero-order chi connectivity index (χ0) is 22.2. The number of hydrogen-bond acceptors (Lipinski definition) is 6. The van der Waals surface area contributed by atoms with Crippen molar-refractivity contribution in [3.8, 4) is 0 Å². The molecule has 3 aromatic rings. The van der Waals surface area contributed by atoms with Gasteiger partial charge in [0.2, 0.25) is 0 Å². The van der Waals surface area contributed by atoms with Gasteiger partial charge in [0.15, 0.2) is 5.65 Å². The van der Waals surface area contributed by atoms with Crippen molar-refractivity contribution < 1.29 is 4.79 Å². The first-order valence-electron chi connectivity index (χ1n) is 12.4. The number of amides is 1. The van der Waals surface area contributed by atoms with E-state index in [0.29, 0.717) is 13.1 Å². The molecule has 1 amide bonds. The molecule has 1 fully saturated rings. The lowest BCUT2D eigenvalue weighted by Crippen LogP contribution is -2.29. The van der Waals surface area contributed by atoms with Crippen molar-refractivity contribution in [2.24, 2.45) is 0 Å². The van der Waals surface area contributed by atoms with E-state index in [0.717, 1.165) is 61.4 Å². The van der Waals surface area contributed by atoms with Gasteiger partial charge in [0.1, 0.15) is 12.1 Å². The topological polar surface area (TPSA) is 79.2 Å². The molecule has 0 bridgehead atoms. The summed E-state index contributed by atoms with van der Waals surface area (Å²) in [4.78, 5) is 26.8. The zero-order valence-corrected chi connectivity index (χ0v) is 19.1. The number of aryl methyl sites for hydroxylation is 1. The summed E-state index contributed by atoms with van der Waals surface area (Å²) in [5.74, 6) is 0.979. The molecule has 0 saturated carbocycles. The number of aromatic nitrogens is 4. The highest BCUT2D eigenvalue weighted by Crippen LogP contribution is 2.36. The van der Waals surface area contributed by atoms with Crippen LogP contribution in [-0.4, -0.2) is 58.4 Å². The van der Waals surface area contributed by atoms with Gasteiger partial charge in [-0.05, 0) is 55.4 Å². The Labute approximate surface area is 194 Å². The number of rotatable bonds is 5. The maximum absolute atomic E-state index is 12.9. The molecule has 2 aromatic heterocycles. The maximum Gasteiger partial charge on any atom is 0.251 e. The minimum atomic E-state index is -0.00517. The fourth-order valence-corrected chi connectivity index (χ4v) is 5.69. The molecule has 1 saturated heterocycles. The Bertz CT molecular complexity index is 1180. The van der Waals surface area contributed by atoms with E-state index in [9.17, 15) is 4.79 Å². The number of hydrogen-bond donors (Lipinski definition) is 1. The molecule has 3 aliphatic rings. The van der Waals surface area contributed by atoms with E-state index in [2.05, 4.69) is 42.3 Å².